The van der Waals surface area contributed by atoms with Crippen LogP contribution < -0.4 is 0 Å². The number of benzene rings is 1. The van der Waals surface area contributed by atoms with E-state index in [4.69, 9.17) is 4.74 Å². The molecule has 2 rings (SSSR count). The summed E-state index contributed by atoms with van der Waals surface area (Å²) in [5, 5.41) is 2.06. The number of hydrogen-bond donors (Lipinski definition) is 1. The van der Waals surface area contributed by atoms with E-state index in [1.54, 1.807) is 11.8 Å². The molecule has 1 unspecified atom stereocenters. The van der Waals surface area contributed by atoms with E-state index in [2.05, 4.69) is 24.0 Å². The number of aromatic nitrogens is 1. The molecule has 1 atom stereocenters. The third-order valence-electron chi connectivity index (χ3n) is 3.06. The molecular formula is C15H19NO2S. The van der Waals surface area contributed by atoms with Crippen molar-refractivity contribution in [2.45, 2.75) is 36.5 Å². The molecule has 0 amide bonds. The number of H-pyrrole nitrogens is 1. The van der Waals surface area contributed by atoms with Gasteiger partial charge in [0.2, 0.25) is 0 Å². The minimum atomic E-state index is -0.142. The van der Waals surface area contributed by atoms with Gasteiger partial charge in [0.05, 0.1) is 12.1 Å². The number of para-hydroxylation sites is 1. The molecule has 0 saturated carbocycles. The first kappa shape index (κ1) is 14.0. The molecule has 19 heavy (non-hydrogen) atoms. The molecule has 0 aliphatic rings. The smallest absolute Gasteiger partial charge is 0.319 e. The van der Waals surface area contributed by atoms with Gasteiger partial charge in [0, 0.05) is 10.9 Å². The quantitative estimate of drug-likeness (QED) is 0.641. The number of rotatable bonds is 6. The Bertz CT molecular complexity index is 517. The van der Waals surface area contributed by atoms with Gasteiger partial charge in [-0.2, -0.15) is 0 Å². The van der Waals surface area contributed by atoms with E-state index in [0.717, 1.165) is 29.8 Å². The zero-order valence-electron chi connectivity index (χ0n) is 11.3. The lowest BCUT2D eigenvalue weighted by molar-refractivity contribution is -0.140. The maximum absolute atomic E-state index is 11.8. The summed E-state index contributed by atoms with van der Waals surface area (Å²) >= 11 is 1.56. The molecule has 0 spiro atoms. The fourth-order valence-electron chi connectivity index (χ4n) is 2.01. The number of ether oxygens (including phenoxy) is 1. The molecule has 3 nitrogen and oxygen atoms in total. The molecule has 0 radical (unpaired) electrons. The standard InChI is InChI=1S/C15H19NO2S/c1-3-4-9-13(15(17)18-2)19-14-10-11-7-5-6-8-12(11)16-14/h5-8,10,13,16H,3-4,9H2,1-2H3. The van der Waals surface area contributed by atoms with Gasteiger partial charge in [0.15, 0.2) is 0 Å². The highest BCUT2D eigenvalue weighted by molar-refractivity contribution is 8.00. The van der Waals surface area contributed by atoms with E-state index in [0.29, 0.717) is 0 Å². The Hall–Kier alpha value is -1.42. The zero-order chi connectivity index (χ0) is 13.7. The van der Waals surface area contributed by atoms with Crippen molar-refractivity contribution in [3.05, 3.63) is 30.3 Å². The normalized spacial score (nSPS) is 12.5. The van der Waals surface area contributed by atoms with Gasteiger partial charge >= 0.3 is 5.97 Å². The van der Waals surface area contributed by atoms with Gasteiger partial charge in [-0.05, 0) is 18.6 Å². The van der Waals surface area contributed by atoms with E-state index in [9.17, 15) is 4.79 Å². The van der Waals surface area contributed by atoms with Crippen LogP contribution in [0, 0.1) is 0 Å². The first-order valence-electron chi connectivity index (χ1n) is 6.57. The minimum absolute atomic E-state index is 0.127. The number of carbonyl (C=O) groups is 1. The highest BCUT2D eigenvalue weighted by Crippen LogP contribution is 2.29. The Morgan fingerprint density at radius 1 is 1.42 bits per heavy atom. The van der Waals surface area contributed by atoms with Crippen LogP contribution in [0.3, 0.4) is 0 Å². The number of nitrogens with one attached hydrogen (secondary N) is 1. The van der Waals surface area contributed by atoms with E-state index in [1.807, 2.05) is 18.2 Å². The summed E-state index contributed by atoms with van der Waals surface area (Å²) in [6, 6.07) is 10.2. The first-order valence-corrected chi connectivity index (χ1v) is 7.44. The number of thioether (sulfide) groups is 1. The molecule has 1 N–H and O–H groups in total. The van der Waals surface area contributed by atoms with Crippen molar-refractivity contribution >= 4 is 28.6 Å². The summed E-state index contributed by atoms with van der Waals surface area (Å²) in [5.74, 6) is -0.142. The second-order valence-corrected chi connectivity index (χ2v) is 5.74. The van der Waals surface area contributed by atoms with E-state index in [-0.39, 0.29) is 11.2 Å². The molecule has 0 aliphatic carbocycles. The number of unbranched alkanes of at least 4 members (excludes halogenated alkanes) is 1. The van der Waals surface area contributed by atoms with Crippen molar-refractivity contribution < 1.29 is 9.53 Å². The lowest BCUT2D eigenvalue weighted by Crippen LogP contribution is -2.18. The van der Waals surface area contributed by atoms with Gasteiger partial charge in [-0.1, -0.05) is 49.7 Å². The molecule has 4 heteroatoms. The number of esters is 1. The average molecular weight is 277 g/mol. The molecule has 0 aliphatic heterocycles. The SMILES string of the molecule is CCCCC(Sc1cc2ccccc2[nH]1)C(=O)OC. The molecule has 0 fully saturated rings. The van der Waals surface area contributed by atoms with Gasteiger partial charge in [-0.25, -0.2) is 0 Å². The van der Waals surface area contributed by atoms with E-state index >= 15 is 0 Å². The highest BCUT2D eigenvalue weighted by Gasteiger charge is 2.20. The van der Waals surface area contributed by atoms with Crippen molar-refractivity contribution in [2.24, 2.45) is 0 Å². The Morgan fingerprint density at radius 2 is 2.21 bits per heavy atom. The predicted octanol–water partition coefficient (Wildman–Crippen LogP) is 3.99. The van der Waals surface area contributed by atoms with Crippen molar-refractivity contribution in [3.63, 3.8) is 0 Å². The first-order chi connectivity index (χ1) is 9.24. The van der Waals surface area contributed by atoms with Crippen LogP contribution in [0.4, 0.5) is 0 Å². The summed E-state index contributed by atoms with van der Waals surface area (Å²) in [5.41, 5.74) is 1.10. The second-order valence-electron chi connectivity index (χ2n) is 4.49. The van der Waals surface area contributed by atoms with Crippen molar-refractivity contribution in [3.8, 4) is 0 Å². The molecule has 2 aromatic rings. The molecule has 0 bridgehead atoms. The number of aromatic amines is 1. The van der Waals surface area contributed by atoms with Gasteiger partial charge in [0.25, 0.3) is 0 Å². The second kappa shape index (κ2) is 6.66. The number of hydrogen-bond acceptors (Lipinski definition) is 3. The van der Waals surface area contributed by atoms with Gasteiger partial charge in [-0.15, -0.1) is 0 Å². The van der Waals surface area contributed by atoms with Crippen LogP contribution in [0.25, 0.3) is 10.9 Å². The molecule has 102 valence electrons. The fourth-order valence-corrected chi connectivity index (χ4v) is 3.16. The van der Waals surface area contributed by atoms with Crippen LogP contribution in [0.1, 0.15) is 26.2 Å². The van der Waals surface area contributed by atoms with Crippen molar-refractivity contribution in [2.75, 3.05) is 7.11 Å². The minimum Gasteiger partial charge on any atom is -0.468 e. The lowest BCUT2D eigenvalue weighted by Gasteiger charge is -2.12. The molecular weight excluding hydrogens is 258 g/mol. The summed E-state index contributed by atoms with van der Waals surface area (Å²) in [4.78, 5) is 15.1. The monoisotopic (exact) mass is 277 g/mol. The topological polar surface area (TPSA) is 42.1 Å². The maximum Gasteiger partial charge on any atom is 0.319 e. The van der Waals surface area contributed by atoms with Crippen molar-refractivity contribution in [1.82, 2.24) is 4.98 Å². The van der Waals surface area contributed by atoms with Crippen LogP contribution in [-0.4, -0.2) is 23.3 Å². The molecule has 1 heterocycles. The largest absolute Gasteiger partial charge is 0.468 e. The average Bonchev–Trinajstić information content (AvgIpc) is 2.84. The summed E-state index contributed by atoms with van der Waals surface area (Å²) in [7, 11) is 1.45. The van der Waals surface area contributed by atoms with Gasteiger partial charge in [-0.3, -0.25) is 4.79 Å². The Balaban J connectivity index is 2.13. The van der Waals surface area contributed by atoms with Crippen LogP contribution >= 0.6 is 11.8 Å². The van der Waals surface area contributed by atoms with Crippen LogP contribution in [0.5, 0.6) is 0 Å². The van der Waals surface area contributed by atoms with Crippen LogP contribution in [0.2, 0.25) is 0 Å². The predicted molar refractivity (Wildman–Crippen MR) is 79.5 cm³/mol. The molecule has 1 aromatic carbocycles. The molecule has 1 aromatic heterocycles. The van der Waals surface area contributed by atoms with Crippen LogP contribution in [-0.2, 0) is 9.53 Å². The maximum atomic E-state index is 11.8. The molecule has 0 saturated heterocycles. The number of fused-ring (bicyclic) bond motifs is 1. The van der Waals surface area contributed by atoms with Gasteiger partial charge in [0.1, 0.15) is 5.25 Å². The fraction of sp³-hybridized carbons (Fsp3) is 0.400. The Morgan fingerprint density at radius 3 is 2.89 bits per heavy atom. The lowest BCUT2D eigenvalue weighted by atomic mass is 10.2. The highest BCUT2D eigenvalue weighted by atomic mass is 32.2. The third-order valence-corrected chi connectivity index (χ3v) is 4.24. The Kier molecular flexibility index (Phi) is 4.91. The number of carbonyl (C=O) groups excluding carboxylic acids is 1. The van der Waals surface area contributed by atoms with Gasteiger partial charge < -0.3 is 9.72 Å². The number of methoxy groups -OCH3 is 1. The van der Waals surface area contributed by atoms with Crippen LogP contribution in [0.15, 0.2) is 35.4 Å². The van der Waals surface area contributed by atoms with Crippen molar-refractivity contribution in [1.29, 1.82) is 0 Å². The van der Waals surface area contributed by atoms with E-state index < -0.39 is 0 Å². The summed E-state index contributed by atoms with van der Waals surface area (Å²) in [6.07, 6.45) is 2.97. The third kappa shape index (κ3) is 3.53. The Labute approximate surface area is 117 Å². The zero-order valence-corrected chi connectivity index (χ0v) is 12.1. The van der Waals surface area contributed by atoms with E-state index in [1.165, 1.54) is 12.5 Å². The summed E-state index contributed by atoms with van der Waals surface area (Å²) in [6.45, 7) is 2.13. The summed E-state index contributed by atoms with van der Waals surface area (Å²) < 4.78 is 4.88.